The Morgan fingerprint density at radius 1 is 1.57 bits per heavy atom. The number of alkyl halides is 1. The van der Waals surface area contributed by atoms with Gasteiger partial charge in [0.2, 0.25) is 0 Å². The zero-order valence-corrected chi connectivity index (χ0v) is 8.62. The number of likely N-dealkylation sites (tertiary alicyclic amines) is 1. The average molecular weight is 222 g/mol. The fourth-order valence-corrected chi connectivity index (χ4v) is 1.59. The molecular weight excluding hydrogens is 210 g/mol. The molecule has 0 aromatic heterocycles. The molecular formula is C8H12ClNO4. The quantitative estimate of drug-likeness (QED) is 0.515. The Labute approximate surface area is 86.9 Å². The van der Waals surface area contributed by atoms with Gasteiger partial charge in [0, 0.05) is 6.54 Å². The number of amides is 1. The molecule has 0 spiro atoms. The van der Waals surface area contributed by atoms with Gasteiger partial charge in [-0.1, -0.05) is 11.6 Å². The van der Waals surface area contributed by atoms with Crippen LogP contribution in [0, 0.1) is 0 Å². The van der Waals surface area contributed by atoms with E-state index in [2.05, 4.69) is 9.47 Å². The third-order valence-electron chi connectivity index (χ3n) is 2.14. The highest BCUT2D eigenvalue weighted by molar-refractivity contribution is 6.17. The molecule has 1 aliphatic heterocycles. The van der Waals surface area contributed by atoms with Gasteiger partial charge in [0.1, 0.15) is 6.04 Å². The van der Waals surface area contributed by atoms with E-state index in [1.807, 2.05) is 0 Å². The van der Waals surface area contributed by atoms with Crippen LogP contribution in [0.3, 0.4) is 0 Å². The maximum Gasteiger partial charge on any atom is 0.411 e. The molecule has 1 atom stereocenters. The number of carbonyl (C=O) groups is 2. The number of carbonyl (C=O) groups excluding carboxylic acids is 2. The number of halogens is 1. The van der Waals surface area contributed by atoms with Crippen LogP contribution in [0.25, 0.3) is 0 Å². The molecule has 0 aromatic rings. The van der Waals surface area contributed by atoms with Crippen molar-refractivity contribution in [2.24, 2.45) is 0 Å². The highest BCUT2D eigenvalue weighted by Gasteiger charge is 2.35. The summed E-state index contributed by atoms with van der Waals surface area (Å²) in [6, 6.07) is -0.723. The van der Waals surface area contributed by atoms with Gasteiger partial charge < -0.3 is 9.47 Å². The van der Waals surface area contributed by atoms with Crippen LogP contribution in [0.4, 0.5) is 4.79 Å². The van der Waals surface area contributed by atoms with E-state index in [1.165, 1.54) is 12.0 Å². The molecule has 1 rings (SSSR count). The van der Waals surface area contributed by atoms with Crippen LogP contribution in [0.5, 0.6) is 0 Å². The van der Waals surface area contributed by atoms with Crippen molar-refractivity contribution in [2.75, 3.05) is 19.7 Å². The van der Waals surface area contributed by atoms with E-state index in [4.69, 9.17) is 11.6 Å². The second kappa shape index (κ2) is 5.05. The number of hydrogen-bond donors (Lipinski definition) is 0. The van der Waals surface area contributed by atoms with E-state index in [-0.39, 0.29) is 6.07 Å². The number of rotatable bonds is 2. The first-order valence-corrected chi connectivity index (χ1v) is 4.81. The summed E-state index contributed by atoms with van der Waals surface area (Å²) in [6.07, 6.45) is 0.828. The molecule has 0 bridgehead atoms. The van der Waals surface area contributed by atoms with Crippen LogP contribution in [0.15, 0.2) is 0 Å². The molecule has 80 valence electrons. The van der Waals surface area contributed by atoms with Crippen molar-refractivity contribution in [1.29, 1.82) is 0 Å². The SMILES string of the molecule is COC(=O)[C@@H]1CCCN1C(=O)OCCl. The van der Waals surface area contributed by atoms with Crippen LogP contribution in [-0.4, -0.2) is 42.7 Å². The molecule has 6 heteroatoms. The summed E-state index contributed by atoms with van der Waals surface area (Å²) >= 11 is 5.25. The van der Waals surface area contributed by atoms with Gasteiger partial charge in [-0.2, -0.15) is 0 Å². The molecule has 5 nitrogen and oxygen atoms in total. The van der Waals surface area contributed by atoms with Crippen LogP contribution >= 0.6 is 11.6 Å². The van der Waals surface area contributed by atoms with Crippen molar-refractivity contribution in [2.45, 2.75) is 18.9 Å². The third kappa shape index (κ3) is 2.29. The normalized spacial score (nSPS) is 20.7. The van der Waals surface area contributed by atoms with Gasteiger partial charge in [-0.25, -0.2) is 9.59 Å². The van der Waals surface area contributed by atoms with Gasteiger partial charge in [0.15, 0.2) is 6.07 Å². The predicted octanol–water partition coefficient (Wildman–Crippen LogP) is 0.957. The largest absolute Gasteiger partial charge is 0.467 e. The molecule has 0 aromatic carbocycles. The van der Waals surface area contributed by atoms with Crippen molar-refractivity contribution in [3.63, 3.8) is 0 Å². The van der Waals surface area contributed by atoms with Crippen molar-refractivity contribution in [1.82, 2.24) is 4.90 Å². The van der Waals surface area contributed by atoms with E-state index < -0.39 is 18.1 Å². The maximum absolute atomic E-state index is 11.3. The summed E-state index contributed by atoms with van der Waals surface area (Å²) in [7, 11) is 1.30. The monoisotopic (exact) mass is 221 g/mol. The summed E-state index contributed by atoms with van der Waals surface area (Å²) in [5, 5.41) is 0. The summed E-state index contributed by atoms with van der Waals surface area (Å²) in [4.78, 5) is 23.9. The summed E-state index contributed by atoms with van der Waals surface area (Å²) in [5.74, 6) is -0.408. The standard InChI is InChI=1S/C8H12ClNO4/c1-13-7(11)6-3-2-4-10(6)8(12)14-5-9/h6H,2-5H2,1H3/t6-/m0/s1. The van der Waals surface area contributed by atoms with Gasteiger partial charge >= 0.3 is 12.1 Å². The fraction of sp³-hybridized carbons (Fsp3) is 0.750. The molecule has 14 heavy (non-hydrogen) atoms. The van der Waals surface area contributed by atoms with Gasteiger partial charge in [0.25, 0.3) is 0 Å². The Bertz CT molecular complexity index is 233. The predicted molar refractivity (Wildman–Crippen MR) is 48.9 cm³/mol. The van der Waals surface area contributed by atoms with Gasteiger partial charge in [-0.05, 0) is 12.8 Å². The molecule has 1 aliphatic rings. The molecule has 0 unspecified atom stereocenters. The zero-order chi connectivity index (χ0) is 10.6. The summed E-state index contributed by atoms with van der Waals surface area (Å²) < 4.78 is 9.17. The van der Waals surface area contributed by atoms with Crippen molar-refractivity contribution in [3.05, 3.63) is 0 Å². The van der Waals surface area contributed by atoms with Crippen molar-refractivity contribution in [3.8, 4) is 0 Å². The Kier molecular flexibility index (Phi) is 4.00. The molecule has 1 fully saturated rings. The van der Waals surface area contributed by atoms with Crippen LogP contribution in [0.1, 0.15) is 12.8 Å². The Hall–Kier alpha value is -0.970. The molecule has 1 amide bonds. The molecule has 0 N–H and O–H groups in total. The number of ether oxygens (including phenoxy) is 2. The average Bonchev–Trinajstić information content (AvgIpc) is 2.65. The first kappa shape index (κ1) is 11.1. The first-order chi connectivity index (χ1) is 6.70. The Balaban J connectivity index is 2.59. The lowest BCUT2D eigenvalue weighted by Crippen LogP contribution is -2.41. The van der Waals surface area contributed by atoms with E-state index in [0.717, 1.165) is 6.42 Å². The first-order valence-electron chi connectivity index (χ1n) is 4.28. The third-order valence-corrected chi connectivity index (χ3v) is 2.25. The van der Waals surface area contributed by atoms with E-state index >= 15 is 0 Å². The van der Waals surface area contributed by atoms with Crippen molar-refractivity contribution < 1.29 is 19.1 Å². The minimum absolute atomic E-state index is 0.205. The lowest BCUT2D eigenvalue weighted by molar-refractivity contribution is -0.145. The minimum atomic E-state index is -0.562. The van der Waals surface area contributed by atoms with E-state index in [1.54, 1.807) is 0 Å². The van der Waals surface area contributed by atoms with Gasteiger partial charge in [-0.3, -0.25) is 4.90 Å². The lowest BCUT2D eigenvalue weighted by Gasteiger charge is -2.21. The topological polar surface area (TPSA) is 55.8 Å². The summed E-state index contributed by atoms with van der Waals surface area (Å²) in [5.41, 5.74) is 0. The highest BCUT2D eigenvalue weighted by atomic mass is 35.5. The molecule has 0 saturated carbocycles. The fourth-order valence-electron chi connectivity index (χ4n) is 1.50. The van der Waals surface area contributed by atoms with Gasteiger partial charge in [0.05, 0.1) is 7.11 Å². The maximum atomic E-state index is 11.3. The number of methoxy groups -OCH3 is 1. The van der Waals surface area contributed by atoms with Crippen molar-refractivity contribution >= 4 is 23.7 Å². The van der Waals surface area contributed by atoms with Crippen LogP contribution in [-0.2, 0) is 14.3 Å². The highest BCUT2D eigenvalue weighted by Crippen LogP contribution is 2.19. The van der Waals surface area contributed by atoms with E-state index in [0.29, 0.717) is 13.0 Å². The zero-order valence-electron chi connectivity index (χ0n) is 7.86. The number of nitrogens with zero attached hydrogens (tertiary/aromatic N) is 1. The van der Waals surface area contributed by atoms with Crippen LogP contribution in [0.2, 0.25) is 0 Å². The molecule has 1 heterocycles. The molecule has 0 radical (unpaired) electrons. The molecule has 1 saturated heterocycles. The van der Waals surface area contributed by atoms with Crippen LogP contribution < -0.4 is 0 Å². The minimum Gasteiger partial charge on any atom is -0.467 e. The second-order valence-electron chi connectivity index (χ2n) is 2.89. The number of esters is 1. The van der Waals surface area contributed by atoms with Gasteiger partial charge in [-0.15, -0.1) is 0 Å². The Morgan fingerprint density at radius 2 is 2.29 bits per heavy atom. The lowest BCUT2D eigenvalue weighted by atomic mass is 10.2. The van der Waals surface area contributed by atoms with E-state index in [9.17, 15) is 9.59 Å². The number of hydrogen-bond acceptors (Lipinski definition) is 4. The Morgan fingerprint density at radius 3 is 2.86 bits per heavy atom. The smallest absolute Gasteiger partial charge is 0.411 e. The second-order valence-corrected chi connectivity index (χ2v) is 3.11. The molecule has 0 aliphatic carbocycles. The summed E-state index contributed by atoms with van der Waals surface area (Å²) in [6.45, 7) is 0.509.